The average molecular weight is 247 g/mol. The minimum absolute atomic E-state index is 0.596. The number of nitrogens with two attached hydrogens (primary N) is 1. The molecular formula is C15H21NO2. The van der Waals surface area contributed by atoms with Gasteiger partial charge in [-0.3, -0.25) is 0 Å². The normalized spacial score (nSPS) is 24.6. The van der Waals surface area contributed by atoms with Gasteiger partial charge in [-0.1, -0.05) is 6.92 Å². The van der Waals surface area contributed by atoms with Crippen LogP contribution in [0.5, 0.6) is 11.5 Å². The molecule has 3 nitrogen and oxygen atoms in total. The van der Waals surface area contributed by atoms with Crippen molar-refractivity contribution < 1.29 is 9.47 Å². The minimum atomic E-state index is 0.596. The maximum atomic E-state index is 5.91. The molecule has 1 saturated carbocycles. The van der Waals surface area contributed by atoms with Crippen molar-refractivity contribution in [3.05, 3.63) is 23.3 Å². The SMILES string of the molecule is CCCOc1ccc2c(c1[C@@H]1C[C@H]1CN)CCO2. The average Bonchev–Trinajstić information content (AvgIpc) is 3.02. The van der Waals surface area contributed by atoms with Gasteiger partial charge in [0.25, 0.3) is 0 Å². The second-order valence-corrected chi connectivity index (χ2v) is 5.24. The zero-order valence-electron chi connectivity index (χ0n) is 10.9. The van der Waals surface area contributed by atoms with Gasteiger partial charge < -0.3 is 15.2 Å². The zero-order chi connectivity index (χ0) is 12.5. The van der Waals surface area contributed by atoms with Crippen LogP contribution in [0.2, 0.25) is 0 Å². The van der Waals surface area contributed by atoms with Gasteiger partial charge in [-0.15, -0.1) is 0 Å². The highest BCUT2D eigenvalue weighted by Crippen LogP contribution is 2.53. The Kier molecular flexibility index (Phi) is 3.16. The van der Waals surface area contributed by atoms with Crippen LogP contribution >= 0.6 is 0 Å². The monoisotopic (exact) mass is 247 g/mol. The number of hydrogen-bond acceptors (Lipinski definition) is 3. The fourth-order valence-corrected chi connectivity index (χ4v) is 2.89. The van der Waals surface area contributed by atoms with E-state index >= 15 is 0 Å². The Bertz CT molecular complexity index is 444. The third-order valence-corrected chi connectivity index (χ3v) is 3.94. The minimum Gasteiger partial charge on any atom is -0.493 e. The molecular weight excluding hydrogens is 226 g/mol. The van der Waals surface area contributed by atoms with Crippen molar-refractivity contribution in [2.75, 3.05) is 19.8 Å². The highest BCUT2D eigenvalue weighted by Gasteiger charge is 2.41. The number of hydrogen-bond donors (Lipinski definition) is 1. The maximum Gasteiger partial charge on any atom is 0.123 e. The Morgan fingerprint density at radius 2 is 2.33 bits per heavy atom. The van der Waals surface area contributed by atoms with E-state index in [1.54, 1.807) is 0 Å². The van der Waals surface area contributed by atoms with Gasteiger partial charge in [-0.25, -0.2) is 0 Å². The summed E-state index contributed by atoms with van der Waals surface area (Å²) in [6, 6.07) is 4.12. The van der Waals surface area contributed by atoms with E-state index < -0.39 is 0 Å². The predicted octanol–water partition coefficient (Wildman–Crippen LogP) is 2.47. The fourth-order valence-electron chi connectivity index (χ4n) is 2.89. The van der Waals surface area contributed by atoms with E-state index in [-0.39, 0.29) is 0 Å². The van der Waals surface area contributed by atoms with E-state index in [2.05, 4.69) is 19.1 Å². The number of rotatable bonds is 5. The Balaban J connectivity index is 1.94. The van der Waals surface area contributed by atoms with Gasteiger partial charge in [-0.2, -0.15) is 0 Å². The molecule has 1 aliphatic carbocycles. The molecule has 2 N–H and O–H groups in total. The van der Waals surface area contributed by atoms with Crippen molar-refractivity contribution in [2.45, 2.75) is 32.1 Å². The molecule has 0 aromatic heterocycles. The van der Waals surface area contributed by atoms with Gasteiger partial charge in [0, 0.05) is 17.5 Å². The third kappa shape index (κ3) is 1.97. The predicted molar refractivity (Wildman–Crippen MR) is 71.3 cm³/mol. The summed E-state index contributed by atoms with van der Waals surface area (Å²) >= 11 is 0. The molecule has 0 unspecified atom stereocenters. The van der Waals surface area contributed by atoms with Crippen LogP contribution in [0.4, 0.5) is 0 Å². The molecule has 1 fully saturated rings. The Labute approximate surface area is 108 Å². The molecule has 1 aliphatic heterocycles. The van der Waals surface area contributed by atoms with E-state index in [0.29, 0.717) is 11.8 Å². The number of benzene rings is 1. The fraction of sp³-hybridized carbons (Fsp3) is 0.600. The van der Waals surface area contributed by atoms with Crippen LogP contribution in [0.15, 0.2) is 12.1 Å². The standard InChI is InChI=1S/C15H21NO2/c1-2-6-17-14-4-3-13-11(5-7-18-13)15(14)12-8-10(12)9-16/h3-4,10,12H,2,5-9,16H2,1H3/t10-,12+/m0/s1. The molecule has 1 heterocycles. The molecule has 3 heteroatoms. The molecule has 18 heavy (non-hydrogen) atoms. The number of fused-ring (bicyclic) bond motifs is 1. The van der Waals surface area contributed by atoms with Crippen LogP contribution < -0.4 is 15.2 Å². The molecule has 0 amide bonds. The van der Waals surface area contributed by atoms with E-state index in [0.717, 1.165) is 44.1 Å². The molecule has 2 aliphatic rings. The summed E-state index contributed by atoms with van der Waals surface area (Å²) in [5.41, 5.74) is 8.53. The highest BCUT2D eigenvalue weighted by molar-refractivity contribution is 5.54. The van der Waals surface area contributed by atoms with Gasteiger partial charge in [0.1, 0.15) is 11.5 Å². The van der Waals surface area contributed by atoms with E-state index in [1.165, 1.54) is 17.5 Å². The summed E-state index contributed by atoms with van der Waals surface area (Å²) in [6.07, 6.45) is 3.26. The Morgan fingerprint density at radius 1 is 1.44 bits per heavy atom. The van der Waals surface area contributed by atoms with Gasteiger partial charge in [0.15, 0.2) is 0 Å². The van der Waals surface area contributed by atoms with Crippen LogP contribution in [0.1, 0.15) is 36.8 Å². The molecule has 1 aromatic rings. The lowest BCUT2D eigenvalue weighted by molar-refractivity contribution is 0.313. The Hall–Kier alpha value is -1.22. The summed E-state index contributed by atoms with van der Waals surface area (Å²) in [4.78, 5) is 0. The quantitative estimate of drug-likeness (QED) is 0.869. The summed E-state index contributed by atoms with van der Waals surface area (Å²) < 4.78 is 11.6. The zero-order valence-corrected chi connectivity index (χ0v) is 10.9. The van der Waals surface area contributed by atoms with Crippen molar-refractivity contribution in [1.82, 2.24) is 0 Å². The van der Waals surface area contributed by atoms with Gasteiger partial charge >= 0.3 is 0 Å². The van der Waals surface area contributed by atoms with Crippen molar-refractivity contribution >= 4 is 0 Å². The van der Waals surface area contributed by atoms with Crippen molar-refractivity contribution in [3.63, 3.8) is 0 Å². The summed E-state index contributed by atoms with van der Waals surface area (Å²) in [5.74, 6) is 3.35. The third-order valence-electron chi connectivity index (χ3n) is 3.94. The first-order valence-electron chi connectivity index (χ1n) is 6.96. The largest absolute Gasteiger partial charge is 0.493 e. The molecule has 1 aromatic carbocycles. The van der Waals surface area contributed by atoms with Crippen molar-refractivity contribution in [2.24, 2.45) is 11.7 Å². The molecule has 0 radical (unpaired) electrons. The maximum absolute atomic E-state index is 5.91. The van der Waals surface area contributed by atoms with Crippen LogP contribution in [0, 0.1) is 5.92 Å². The van der Waals surface area contributed by atoms with E-state index in [1.807, 2.05) is 0 Å². The van der Waals surface area contributed by atoms with Crippen LogP contribution in [0.3, 0.4) is 0 Å². The molecule has 3 rings (SSSR count). The van der Waals surface area contributed by atoms with Gasteiger partial charge in [0.2, 0.25) is 0 Å². The molecule has 0 bridgehead atoms. The molecule has 98 valence electrons. The lowest BCUT2D eigenvalue weighted by Gasteiger charge is -2.14. The van der Waals surface area contributed by atoms with Crippen molar-refractivity contribution in [3.8, 4) is 11.5 Å². The van der Waals surface area contributed by atoms with Crippen LogP contribution in [0.25, 0.3) is 0 Å². The smallest absolute Gasteiger partial charge is 0.123 e. The van der Waals surface area contributed by atoms with Crippen LogP contribution in [-0.4, -0.2) is 19.8 Å². The molecule has 0 spiro atoms. The first kappa shape index (κ1) is 11.8. The highest BCUT2D eigenvalue weighted by atomic mass is 16.5. The molecule has 2 atom stereocenters. The van der Waals surface area contributed by atoms with E-state index in [9.17, 15) is 0 Å². The summed E-state index contributed by atoms with van der Waals surface area (Å²) in [5, 5.41) is 0. The second-order valence-electron chi connectivity index (χ2n) is 5.24. The summed E-state index contributed by atoms with van der Waals surface area (Å²) in [6.45, 7) is 4.50. The first-order valence-corrected chi connectivity index (χ1v) is 6.96. The van der Waals surface area contributed by atoms with Gasteiger partial charge in [-0.05, 0) is 43.4 Å². The van der Waals surface area contributed by atoms with Crippen molar-refractivity contribution in [1.29, 1.82) is 0 Å². The lowest BCUT2D eigenvalue weighted by Crippen LogP contribution is -2.05. The number of ether oxygens (including phenoxy) is 2. The lowest BCUT2D eigenvalue weighted by atomic mass is 9.98. The summed E-state index contributed by atoms with van der Waals surface area (Å²) in [7, 11) is 0. The van der Waals surface area contributed by atoms with Gasteiger partial charge in [0.05, 0.1) is 13.2 Å². The van der Waals surface area contributed by atoms with E-state index in [4.69, 9.17) is 15.2 Å². The second kappa shape index (κ2) is 4.81. The molecule has 0 saturated heterocycles. The van der Waals surface area contributed by atoms with Crippen LogP contribution in [-0.2, 0) is 6.42 Å². The Morgan fingerprint density at radius 3 is 3.06 bits per heavy atom. The first-order chi connectivity index (χ1) is 8.85. The topological polar surface area (TPSA) is 44.5 Å².